The third kappa shape index (κ3) is 1.90. The third-order valence-electron chi connectivity index (χ3n) is 3.20. The Bertz CT molecular complexity index is 651. The van der Waals surface area contributed by atoms with E-state index >= 15 is 0 Å². The van der Waals surface area contributed by atoms with E-state index in [2.05, 4.69) is 22.2 Å². The van der Waals surface area contributed by atoms with Crippen LogP contribution in [0.25, 0.3) is 0 Å². The molecule has 3 rings (SSSR count). The van der Waals surface area contributed by atoms with Crippen LogP contribution in [0, 0.1) is 0 Å². The molecule has 0 saturated heterocycles. The summed E-state index contributed by atoms with van der Waals surface area (Å²) >= 11 is 2.43. The fourth-order valence-corrected chi connectivity index (χ4v) is 2.85. The van der Waals surface area contributed by atoms with Crippen LogP contribution in [-0.4, -0.2) is 39.5 Å². The summed E-state index contributed by atoms with van der Waals surface area (Å²) in [5.41, 5.74) is 1.79. The second-order valence-electron chi connectivity index (χ2n) is 4.37. The van der Waals surface area contributed by atoms with Crippen molar-refractivity contribution in [3.05, 3.63) is 41.1 Å². The van der Waals surface area contributed by atoms with Crippen LogP contribution in [0.2, 0.25) is 0 Å². The molecule has 2 radical (unpaired) electrons. The van der Waals surface area contributed by atoms with Crippen molar-refractivity contribution in [3.63, 3.8) is 0 Å². The van der Waals surface area contributed by atoms with Crippen LogP contribution in [0.4, 0.5) is 0 Å². The van der Waals surface area contributed by atoms with Gasteiger partial charge in [0.2, 0.25) is 0 Å². The van der Waals surface area contributed by atoms with Gasteiger partial charge in [-0.3, -0.25) is 0 Å². The van der Waals surface area contributed by atoms with Gasteiger partial charge in [0.1, 0.15) is 0 Å². The van der Waals surface area contributed by atoms with E-state index in [1.807, 2.05) is 12.1 Å². The monoisotopic (exact) mass is 316 g/mol. The normalized spacial score (nSPS) is 18.3. The Morgan fingerprint density at radius 1 is 1.21 bits per heavy atom. The number of benzene rings is 1. The number of hydrogen-bond acceptors (Lipinski definition) is 3. The number of nitrogens with zero attached hydrogens (tertiary/aromatic N) is 1. The molecule has 1 aromatic rings. The van der Waals surface area contributed by atoms with Crippen LogP contribution in [0.15, 0.2) is 30.0 Å². The van der Waals surface area contributed by atoms with Crippen molar-refractivity contribution in [2.75, 3.05) is 0 Å². The van der Waals surface area contributed by atoms with Crippen molar-refractivity contribution in [1.82, 2.24) is 10.2 Å². The topological polar surface area (TPSA) is 66.5 Å². The quantitative estimate of drug-likeness (QED) is 0.554. The second kappa shape index (κ2) is 4.35. The summed E-state index contributed by atoms with van der Waals surface area (Å²) in [7, 11) is 0. The zero-order chi connectivity index (χ0) is 13.6. The maximum absolute atomic E-state index is 12.3. The van der Waals surface area contributed by atoms with E-state index in [-0.39, 0.29) is 23.9 Å². The first-order valence-electron chi connectivity index (χ1n) is 5.75. The fraction of sp³-hybridized carbons (Fsp3) is 0.154. The van der Waals surface area contributed by atoms with Crippen LogP contribution in [0.1, 0.15) is 22.3 Å². The van der Waals surface area contributed by atoms with Crippen molar-refractivity contribution < 1.29 is 14.4 Å². The molecule has 94 valence electrons. The van der Waals surface area contributed by atoms with Crippen LogP contribution in [0.5, 0.6) is 0 Å². The predicted octanol–water partition coefficient (Wildman–Crippen LogP) is -0.633. The van der Waals surface area contributed by atoms with E-state index in [1.165, 1.54) is 11.0 Å². The molecule has 5 nitrogen and oxygen atoms in total. The predicted molar refractivity (Wildman–Crippen MR) is 67.6 cm³/mol. The first-order chi connectivity index (χ1) is 9.08. The number of imide groups is 1. The fourth-order valence-electron chi connectivity index (χ4n) is 2.27. The molecule has 0 saturated carbocycles. The Kier molecular flexibility index (Phi) is 2.79. The molecule has 2 heterocycles. The Morgan fingerprint density at radius 3 is 2.68 bits per heavy atom. The molecule has 19 heavy (non-hydrogen) atoms. The van der Waals surface area contributed by atoms with Gasteiger partial charge in [0.15, 0.2) is 0 Å². The maximum atomic E-state index is 12.3. The molecule has 0 fully saturated rings. The molecular weight excluding hydrogens is 307 g/mol. The molecule has 3 amide bonds. The number of nitrogens with one attached hydrogen (secondary N) is 1. The van der Waals surface area contributed by atoms with Crippen molar-refractivity contribution >= 4 is 38.9 Å². The number of carbonyl (C=O) groups is 3. The minimum atomic E-state index is -0.510. The van der Waals surface area contributed by atoms with Gasteiger partial charge in [-0.25, -0.2) is 0 Å². The van der Waals surface area contributed by atoms with Gasteiger partial charge in [-0.15, -0.1) is 0 Å². The zero-order valence-corrected chi connectivity index (χ0v) is 11.7. The molecule has 0 atom stereocenters. The van der Waals surface area contributed by atoms with Gasteiger partial charge in [0.25, 0.3) is 0 Å². The van der Waals surface area contributed by atoms with E-state index in [4.69, 9.17) is 0 Å². The summed E-state index contributed by atoms with van der Waals surface area (Å²) in [6, 6.07) is 5.47. The average Bonchev–Trinajstić information content (AvgIpc) is 2.69. The van der Waals surface area contributed by atoms with Crippen molar-refractivity contribution in [2.24, 2.45) is 0 Å². The minimum absolute atomic E-state index is 0.121. The SMILES string of the molecule is O=C1CC=C(N2Cc3c([As])cccc3C2=O)C(=O)N1. The average molecular weight is 316 g/mol. The first kappa shape index (κ1) is 12.2. The Hall–Kier alpha value is -1.87. The van der Waals surface area contributed by atoms with Crippen molar-refractivity contribution in [1.29, 1.82) is 0 Å². The summed E-state index contributed by atoms with van der Waals surface area (Å²) in [6.45, 7) is 0.368. The number of amides is 3. The van der Waals surface area contributed by atoms with E-state index in [0.717, 1.165) is 9.91 Å². The molecule has 0 spiro atoms. The number of hydrogen-bond donors (Lipinski definition) is 1. The van der Waals surface area contributed by atoms with E-state index in [0.29, 0.717) is 12.1 Å². The van der Waals surface area contributed by atoms with Gasteiger partial charge in [-0.2, -0.15) is 0 Å². The molecule has 1 N–H and O–H groups in total. The molecule has 0 bridgehead atoms. The van der Waals surface area contributed by atoms with E-state index in [9.17, 15) is 14.4 Å². The summed E-state index contributed by atoms with van der Waals surface area (Å²) in [6.07, 6.45) is 1.63. The zero-order valence-electron chi connectivity index (χ0n) is 9.84. The molecule has 6 heteroatoms. The summed E-state index contributed by atoms with van der Waals surface area (Å²) in [4.78, 5) is 36.6. The van der Waals surface area contributed by atoms with Crippen LogP contribution >= 0.6 is 0 Å². The Morgan fingerprint density at radius 2 is 2.00 bits per heavy atom. The molecule has 2 aliphatic rings. The van der Waals surface area contributed by atoms with Gasteiger partial charge in [0, 0.05) is 0 Å². The van der Waals surface area contributed by atoms with Gasteiger partial charge < -0.3 is 0 Å². The summed E-state index contributed by atoms with van der Waals surface area (Å²) in [5.74, 6) is -1.05. The standard InChI is InChI=1S/C13H9AsN2O3/c14-9-3-1-2-7-8(9)6-16(13(7)19)10-4-5-11(17)15-12(10)18/h1-4H,5-6H2,(H,15,17,18). The van der Waals surface area contributed by atoms with Crippen molar-refractivity contribution in [3.8, 4) is 0 Å². The van der Waals surface area contributed by atoms with Gasteiger partial charge >= 0.3 is 118 Å². The number of carbonyl (C=O) groups excluding carboxylic acids is 3. The first-order valence-corrected chi connectivity index (χ1v) is 6.69. The molecule has 0 aliphatic carbocycles. The van der Waals surface area contributed by atoms with Crippen LogP contribution in [0.3, 0.4) is 0 Å². The van der Waals surface area contributed by atoms with Gasteiger partial charge in [0.05, 0.1) is 0 Å². The summed E-state index contributed by atoms with van der Waals surface area (Å²) in [5, 5.41) is 2.22. The summed E-state index contributed by atoms with van der Waals surface area (Å²) < 4.78 is 0.966. The Balaban J connectivity index is 1.99. The van der Waals surface area contributed by atoms with Crippen LogP contribution < -0.4 is 9.67 Å². The van der Waals surface area contributed by atoms with E-state index in [1.54, 1.807) is 6.07 Å². The van der Waals surface area contributed by atoms with Gasteiger partial charge in [-0.1, -0.05) is 0 Å². The third-order valence-corrected chi connectivity index (χ3v) is 4.08. The Labute approximate surface area is 118 Å². The van der Waals surface area contributed by atoms with Crippen molar-refractivity contribution in [2.45, 2.75) is 13.0 Å². The van der Waals surface area contributed by atoms with Gasteiger partial charge in [-0.05, 0) is 0 Å². The molecule has 0 aromatic heterocycles. The molecular formula is C13H9AsN2O3. The number of rotatable bonds is 1. The molecule has 1 aromatic carbocycles. The molecule has 2 aliphatic heterocycles. The molecule has 0 unspecified atom stereocenters. The van der Waals surface area contributed by atoms with E-state index < -0.39 is 5.91 Å². The second-order valence-corrected chi connectivity index (χ2v) is 5.38. The van der Waals surface area contributed by atoms with Crippen LogP contribution in [-0.2, 0) is 16.1 Å². The number of fused-ring (bicyclic) bond motifs is 1.